The topological polar surface area (TPSA) is 59.3 Å². The van der Waals surface area contributed by atoms with E-state index in [1.807, 2.05) is 18.2 Å². The first-order valence-corrected chi connectivity index (χ1v) is 7.24. The average Bonchev–Trinajstić information content (AvgIpc) is 2.44. The number of hydrogen-bond donors (Lipinski definition) is 2. The predicted molar refractivity (Wildman–Crippen MR) is 82.7 cm³/mol. The van der Waals surface area contributed by atoms with Crippen molar-refractivity contribution in [2.75, 3.05) is 24.6 Å². The van der Waals surface area contributed by atoms with Gasteiger partial charge in [-0.2, -0.15) is 5.26 Å². The molecule has 1 aromatic carbocycles. The minimum Gasteiger partial charge on any atom is -0.395 e. The molecule has 4 nitrogen and oxygen atoms in total. The summed E-state index contributed by atoms with van der Waals surface area (Å²) in [6.07, 6.45) is 0.988. The summed E-state index contributed by atoms with van der Waals surface area (Å²) in [5.74, 6) is 0. The van der Waals surface area contributed by atoms with Gasteiger partial charge in [-0.25, -0.2) is 0 Å². The second kappa shape index (κ2) is 8.57. The third kappa shape index (κ3) is 4.84. The van der Waals surface area contributed by atoms with Crippen molar-refractivity contribution in [2.45, 2.75) is 39.8 Å². The number of nitrogens with one attached hydrogen (secondary N) is 1. The highest BCUT2D eigenvalue weighted by Crippen LogP contribution is 2.21. The van der Waals surface area contributed by atoms with Crippen LogP contribution in [0.15, 0.2) is 18.2 Å². The highest BCUT2D eigenvalue weighted by atomic mass is 16.3. The highest BCUT2D eigenvalue weighted by Gasteiger charge is 2.11. The summed E-state index contributed by atoms with van der Waals surface area (Å²) >= 11 is 0. The molecule has 0 aliphatic heterocycles. The van der Waals surface area contributed by atoms with Gasteiger partial charge in [0.05, 0.1) is 17.9 Å². The van der Waals surface area contributed by atoms with Crippen molar-refractivity contribution in [2.24, 2.45) is 0 Å². The molecule has 0 bridgehead atoms. The van der Waals surface area contributed by atoms with Gasteiger partial charge in [0.15, 0.2) is 0 Å². The Morgan fingerprint density at radius 2 is 2.10 bits per heavy atom. The SMILES string of the molecule is CCCN(CCO)c1ccc(CNC(C)C)cc1C#N. The normalized spacial score (nSPS) is 10.6. The molecule has 0 saturated heterocycles. The number of aliphatic hydroxyl groups excluding tert-OH is 1. The lowest BCUT2D eigenvalue weighted by atomic mass is 10.1. The molecule has 0 aromatic heterocycles. The van der Waals surface area contributed by atoms with E-state index in [9.17, 15) is 5.26 Å². The maximum atomic E-state index is 9.35. The fourth-order valence-electron chi connectivity index (χ4n) is 2.12. The lowest BCUT2D eigenvalue weighted by Crippen LogP contribution is -2.28. The first kappa shape index (κ1) is 16.5. The van der Waals surface area contributed by atoms with Crippen LogP contribution in [0.5, 0.6) is 0 Å². The van der Waals surface area contributed by atoms with Crippen LogP contribution in [-0.2, 0) is 6.54 Å². The third-order valence-corrected chi connectivity index (χ3v) is 3.10. The maximum Gasteiger partial charge on any atom is 0.101 e. The van der Waals surface area contributed by atoms with Crippen LogP contribution in [0.3, 0.4) is 0 Å². The monoisotopic (exact) mass is 275 g/mol. The van der Waals surface area contributed by atoms with Crippen molar-refractivity contribution in [3.05, 3.63) is 29.3 Å². The molecule has 0 fully saturated rings. The zero-order valence-corrected chi connectivity index (χ0v) is 12.7. The molecule has 0 saturated carbocycles. The molecular weight excluding hydrogens is 250 g/mol. The predicted octanol–water partition coefficient (Wildman–Crippen LogP) is 2.26. The number of nitriles is 1. The van der Waals surface area contributed by atoms with Crippen LogP contribution in [0.25, 0.3) is 0 Å². The smallest absolute Gasteiger partial charge is 0.101 e. The van der Waals surface area contributed by atoms with Gasteiger partial charge in [0.25, 0.3) is 0 Å². The highest BCUT2D eigenvalue weighted by molar-refractivity contribution is 5.60. The van der Waals surface area contributed by atoms with E-state index in [1.54, 1.807) is 0 Å². The standard InChI is InChI=1S/C16H25N3O/c1-4-7-19(8-9-20)16-6-5-14(10-15(16)11-17)12-18-13(2)3/h5-6,10,13,18,20H,4,7-9,12H2,1-3H3. The van der Waals surface area contributed by atoms with Crippen molar-refractivity contribution in [3.63, 3.8) is 0 Å². The molecule has 0 radical (unpaired) electrons. The van der Waals surface area contributed by atoms with E-state index in [4.69, 9.17) is 5.11 Å². The van der Waals surface area contributed by atoms with Crippen LogP contribution in [0, 0.1) is 11.3 Å². The molecule has 4 heteroatoms. The number of hydrogen-bond acceptors (Lipinski definition) is 4. The van der Waals surface area contributed by atoms with Gasteiger partial charge in [-0.1, -0.05) is 26.8 Å². The van der Waals surface area contributed by atoms with Crippen molar-refractivity contribution < 1.29 is 5.11 Å². The number of aliphatic hydroxyl groups is 1. The number of benzene rings is 1. The summed E-state index contributed by atoms with van der Waals surface area (Å²) < 4.78 is 0. The van der Waals surface area contributed by atoms with Gasteiger partial charge < -0.3 is 15.3 Å². The summed E-state index contributed by atoms with van der Waals surface area (Å²) in [6.45, 7) is 8.57. The fourth-order valence-corrected chi connectivity index (χ4v) is 2.12. The van der Waals surface area contributed by atoms with E-state index in [2.05, 4.69) is 37.1 Å². The van der Waals surface area contributed by atoms with E-state index in [-0.39, 0.29) is 6.61 Å². The van der Waals surface area contributed by atoms with Gasteiger partial charge in [-0.15, -0.1) is 0 Å². The Labute approximate surface area is 122 Å². The van der Waals surface area contributed by atoms with E-state index in [0.29, 0.717) is 18.2 Å². The van der Waals surface area contributed by atoms with Crippen LogP contribution in [0.1, 0.15) is 38.3 Å². The van der Waals surface area contributed by atoms with E-state index in [1.165, 1.54) is 0 Å². The van der Waals surface area contributed by atoms with Gasteiger partial charge in [-0.05, 0) is 24.1 Å². The number of anilines is 1. The summed E-state index contributed by atoms with van der Waals surface area (Å²) in [4.78, 5) is 2.07. The van der Waals surface area contributed by atoms with Crippen LogP contribution < -0.4 is 10.2 Å². The molecule has 1 rings (SSSR count). The molecule has 0 unspecified atom stereocenters. The summed E-state index contributed by atoms with van der Waals surface area (Å²) in [7, 11) is 0. The molecule has 0 aliphatic carbocycles. The minimum absolute atomic E-state index is 0.0987. The molecule has 0 spiro atoms. The second-order valence-electron chi connectivity index (χ2n) is 5.21. The Morgan fingerprint density at radius 1 is 1.35 bits per heavy atom. The van der Waals surface area contributed by atoms with Crippen LogP contribution in [0.4, 0.5) is 5.69 Å². The van der Waals surface area contributed by atoms with Gasteiger partial charge >= 0.3 is 0 Å². The van der Waals surface area contributed by atoms with Gasteiger partial charge in [-0.3, -0.25) is 0 Å². The molecule has 2 N–H and O–H groups in total. The van der Waals surface area contributed by atoms with Crippen molar-refractivity contribution >= 4 is 5.69 Å². The fraction of sp³-hybridized carbons (Fsp3) is 0.562. The van der Waals surface area contributed by atoms with Crippen molar-refractivity contribution in [1.29, 1.82) is 5.26 Å². The third-order valence-electron chi connectivity index (χ3n) is 3.10. The van der Waals surface area contributed by atoms with Gasteiger partial charge in [0, 0.05) is 25.7 Å². The summed E-state index contributed by atoms with van der Waals surface area (Å²) in [5, 5.41) is 21.8. The van der Waals surface area contributed by atoms with Crippen molar-refractivity contribution in [1.82, 2.24) is 5.32 Å². The molecule has 0 atom stereocenters. The Balaban J connectivity index is 2.94. The van der Waals surface area contributed by atoms with Gasteiger partial charge in [0.1, 0.15) is 6.07 Å². The molecule has 0 aliphatic rings. The van der Waals surface area contributed by atoms with Gasteiger partial charge in [0.2, 0.25) is 0 Å². The zero-order chi connectivity index (χ0) is 15.0. The van der Waals surface area contributed by atoms with Crippen LogP contribution in [0.2, 0.25) is 0 Å². The Hall–Kier alpha value is -1.57. The molecule has 0 amide bonds. The quantitative estimate of drug-likeness (QED) is 0.764. The van der Waals surface area contributed by atoms with Crippen molar-refractivity contribution in [3.8, 4) is 6.07 Å². The zero-order valence-electron chi connectivity index (χ0n) is 12.7. The molecule has 1 aromatic rings. The molecule has 110 valence electrons. The number of nitrogens with zero attached hydrogens (tertiary/aromatic N) is 2. The number of rotatable bonds is 8. The first-order valence-electron chi connectivity index (χ1n) is 7.24. The maximum absolute atomic E-state index is 9.35. The Kier molecular flexibility index (Phi) is 7.06. The second-order valence-corrected chi connectivity index (χ2v) is 5.21. The van der Waals surface area contributed by atoms with E-state index >= 15 is 0 Å². The lowest BCUT2D eigenvalue weighted by Gasteiger charge is -2.24. The average molecular weight is 275 g/mol. The molecule has 0 heterocycles. The Bertz CT molecular complexity index is 446. The largest absolute Gasteiger partial charge is 0.395 e. The minimum atomic E-state index is 0.0987. The summed E-state index contributed by atoms with van der Waals surface area (Å²) in [6, 6.07) is 8.66. The van der Waals surface area contributed by atoms with E-state index < -0.39 is 0 Å². The van der Waals surface area contributed by atoms with Crippen LogP contribution >= 0.6 is 0 Å². The lowest BCUT2D eigenvalue weighted by molar-refractivity contribution is 0.302. The summed E-state index contributed by atoms with van der Waals surface area (Å²) in [5.41, 5.74) is 2.70. The molecule has 20 heavy (non-hydrogen) atoms. The molecular formula is C16H25N3O. The first-order chi connectivity index (χ1) is 9.62. The van der Waals surface area contributed by atoms with Crippen LogP contribution in [-0.4, -0.2) is 30.8 Å². The Morgan fingerprint density at radius 3 is 2.65 bits per heavy atom. The van der Waals surface area contributed by atoms with E-state index in [0.717, 1.165) is 30.8 Å².